The van der Waals surface area contributed by atoms with E-state index in [-0.39, 0.29) is 11.6 Å². The molecule has 1 aromatic carbocycles. The van der Waals surface area contributed by atoms with Gasteiger partial charge in [-0.05, 0) is 24.7 Å². The standard InChI is InChI=1S/C14H15NO2/c16-13-12(11-4-2-1-3-5-11)10-14(17-13)6-8-15-9-7-14/h1-5,10,15H,6-9H2. The molecule has 3 nitrogen and oxygen atoms in total. The summed E-state index contributed by atoms with van der Waals surface area (Å²) in [5.74, 6) is -0.182. The number of carbonyl (C=O) groups is 1. The summed E-state index contributed by atoms with van der Waals surface area (Å²) in [6, 6.07) is 9.73. The van der Waals surface area contributed by atoms with Crippen LogP contribution in [0.5, 0.6) is 0 Å². The van der Waals surface area contributed by atoms with E-state index >= 15 is 0 Å². The van der Waals surface area contributed by atoms with Gasteiger partial charge in [0.2, 0.25) is 0 Å². The molecular weight excluding hydrogens is 214 g/mol. The summed E-state index contributed by atoms with van der Waals surface area (Å²) in [5.41, 5.74) is 1.31. The molecule has 0 atom stereocenters. The average Bonchev–Trinajstić information content (AvgIpc) is 2.68. The predicted molar refractivity (Wildman–Crippen MR) is 65.3 cm³/mol. The predicted octanol–water partition coefficient (Wildman–Crippen LogP) is 1.75. The van der Waals surface area contributed by atoms with E-state index in [1.54, 1.807) is 0 Å². The Hall–Kier alpha value is -1.61. The molecular formula is C14H15NO2. The van der Waals surface area contributed by atoms with Crippen LogP contribution in [0.3, 0.4) is 0 Å². The van der Waals surface area contributed by atoms with Crippen LogP contribution in [-0.2, 0) is 9.53 Å². The zero-order chi connectivity index (χ0) is 11.7. The lowest BCUT2D eigenvalue weighted by Crippen LogP contribution is -2.41. The van der Waals surface area contributed by atoms with Crippen LogP contribution in [0.2, 0.25) is 0 Å². The van der Waals surface area contributed by atoms with E-state index in [0.29, 0.717) is 5.57 Å². The van der Waals surface area contributed by atoms with Crippen LogP contribution in [0.1, 0.15) is 18.4 Å². The number of carbonyl (C=O) groups excluding carboxylic acids is 1. The van der Waals surface area contributed by atoms with E-state index in [2.05, 4.69) is 5.32 Å². The van der Waals surface area contributed by atoms with Crippen molar-refractivity contribution in [1.82, 2.24) is 5.32 Å². The molecule has 1 spiro atoms. The molecule has 2 aliphatic heterocycles. The minimum atomic E-state index is -0.354. The van der Waals surface area contributed by atoms with Crippen molar-refractivity contribution >= 4 is 11.5 Å². The SMILES string of the molecule is O=C1OC2(C=C1c1ccccc1)CCNCC2. The summed E-state index contributed by atoms with van der Waals surface area (Å²) in [6.07, 6.45) is 3.76. The number of benzene rings is 1. The highest BCUT2D eigenvalue weighted by atomic mass is 16.6. The first-order valence-electron chi connectivity index (χ1n) is 6.01. The summed E-state index contributed by atoms with van der Waals surface area (Å²) in [4.78, 5) is 11.9. The number of hydrogen-bond acceptors (Lipinski definition) is 3. The molecule has 1 aromatic rings. The molecule has 2 heterocycles. The highest BCUT2D eigenvalue weighted by Gasteiger charge is 2.41. The van der Waals surface area contributed by atoms with Gasteiger partial charge in [0.1, 0.15) is 5.60 Å². The summed E-state index contributed by atoms with van der Waals surface area (Å²) in [7, 11) is 0. The average molecular weight is 229 g/mol. The Morgan fingerprint density at radius 1 is 1.12 bits per heavy atom. The third-order valence-corrected chi connectivity index (χ3v) is 3.46. The lowest BCUT2D eigenvalue weighted by atomic mass is 9.91. The smallest absolute Gasteiger partial charge is 0.339 e. The highest BCUT2D eigenvalue weighted by Crippen LogP contribution is 2.36. The number of piperidine rings is 1. The van der Waals surface area contributed by atoms with Crippen LogP contribution < -0.4 is 5.32 Å². The summed E-state index contributed by atoms with van der Waals surface area (Å²) >= 11 is 0. The maximum absolute atomic E-state index is 11.9. The normalized spacial score (nSPS) is 22.4. The fourth-order valence-corrected chi connectivity index (χ4v) is 2.51. The first kappa shape index (κ1) is 10.5. The van der Waals surface area contributed by atoms with Gasteiger partial charge in [0, 0.05) is 12.8 Å². The second-order valence-electron chi connectivity index (χ2n) is 4.63. The quantitative estimate of drug-likeness (QED) is 0.746. The zero-order valence-electron chi connectivity index (χ0n) is 9.61. The minimum Gasteiger partial charge on any atom is -0.451 e. The molecule has 1 N–H and O–H groups in total. The van der Waals surface area contributed by atoms with E-state index in [1.807, 2.05) is 36.4 Å². The minimum absolute atomic E-state index is 0.182. The van der Waals surface area contributed by atoms with Crippen LogP contribution in [0.4, 0.5) is 0 Å². The molecule has 0 amide bonds. The Morgan fingerprint density at radius 2 is 1.82 bits per heavy atom. The van der Waals surface area contributed by atoms with Crippen molar-refractivity contribution < 1.29 is 9.53 Å². The highest BCUT2D eigenvalue weighted by molar-refractivity contribution is 6.18. The van der Waals surface area contributed by atoms with E-state index < -0.39 is 0 Å². The number of esters is 1. The van der Waals surface area contributed by atoms with E-state index in [0.717, 1.165) is 31.5 Å². The molecule has 0 aliphatic carbocycles. The van der Waals surface area contributed by atoms with Crippen molar-refractivity contribution in [3.63, 3.8) is 0 Å². The van der Waals surface area contributed by atoms with Gasteiger partial charge in [0.05, 0.1) is 5.57 Å². The van der Waals surface area contributed by atoms with Crippen molar-refractivity contribution in [2.75, 3.05) is 13.1 Å². The topological polar surface area (TPSA) is 38.3 Å². The van der Waals surface area contributed by atoms with Crippen molar-refractivity contribution in [3.05, 3.63) is 42.0 Å². The molecule has 0 unspecified atom stereocenters. The van der Waals surface area contributed by atoms with Gasteiger partial charge in [-0.15, -0.1) is 0 Å². The Kier molecular flexibility index (Phi) is 2.48. The second-order valence-corrected chi connectivity index (χ2v) is 4.63. The van der Waals surface area contributed by atoms with Crippen LogP contribution in [0.15, 0.2) is 36.4 Å². The van der Waals surface area contributed by atoms with Gasteiger partial charge in [0.15, 0.2) is 0 Å². The summed E-state index contributed by atoms with van der Waals surface area (Å²) in [5, 5.41) is 3.28. The van der Waals surface area contributed by atoms with Gasteiger partial charge in [-0.3, -0.25) is 0 Å². The lowest BCUT2D eigenvalue weighted by molar-refractivity contribution is -0.146. The van der Waals surface area contributed by atoms with Crippen molar-refractivity contribution in [3.8, 4) is 0 Å². The van der Waals surface area contributed by atoms with Gasteiger partial charge in [0.25, 0.3) is 0 Å². The van der Waals surface area contributed by atoms with Gasteiger partial charge in [-0.1, -0.05) is 30.3 Å². The first-order chi connectivity index (χ1) is 8.29. The first-order valence-corrected chi connectivity index (χ1v) is 6.01. The monoisotopic (exact) mass is 229 g/mol. The summed E-state index contributed by atoms with van der Waals surface area (Å²) < 4.78 is 5.59. The maximum Gasteiger partial charge on any atom is 0.339 e. The molecule has 2 aliphatic rings. The molecule has 3 rings (SSSR count). The molecule has 0 aromatic heterocycles. The largest absolute Gasteiger partial charge is 0.451 e. The fraction of sp³-hybridized carbons (Fsp3) is 0.357. The number of hydrogen-bond donors (Lipinski definition) is 1. The molecule has 1 saturated heterocycles. The maximum atomic E-state index is 11.9. The third-order valence-electron chi connectivity index (χ3n) is 3.46. The van der Waals surface area contributed by atoms with Crippen LogP contribution in [0.25, 0.3) is 5.57 Å². The van der Waals surface area contributed by atoms with Gasteiger partial charge in [-0.25, -0.2) is 4.79 Å². The number of nitrogens with one attached hydrogen (secondary N) is 1. The number of ether oxygens (including phenoxy) is 1. The Bertz CT molecular complexity index is 458. The molecule has 1 fully saturated rings. The second kappa shape index (κ2) is 4.00. The molecule has 88 valence electrons. The van der Waals surface area contributed by atoms with Crippen LogP contribution >= 0.6 is 0 Å². The fourth-order valence-electron chi connectivity index (χ4n) is 2.51. The Morgan fingerprint density at radius 3 is 2.53 bits per heavy atom. The van der Waals surface area contributed by atoms with Crippen molar-refractivity contribution in [2.24, 2.45) is 0 Å². The Labute approximate surface area is 100 Å². The van der Waals surface area contributed by atoms with Crippen molar-refractivity contribution in [2.45, 2.75) is 18.4 Å². The Balaban J connectivity index is 1.94. The lowest BCUT2D eigenvalue weighted by Gasteiger charge is -2.30. The molecule has 0 bridgehead atoms. The van der Waals surface area contributed by atoms with Gasteiger partial charge >= 0.3 is 5.97 Å². The molecule has 0 saturated carbocycles. The third kappa shape index (κ3) is 1.87. The van der Waals surface area contributed by atoms with Crippen LogP contribution in [0, 0.1) is 0 Å². The van der Waals surface area contributed by atoms with E-state index in [1.165, 1.54) is 0 Å². The van der Waals surface area contributed by atoms with E-state index in [4.69, 9.17) is 4.74 Å². The molecule has 17 heavy (non-hydrogen) atoms. The van der Waals surface area contributed by atoms with Gasteiger partial charge < -0.3 is 10.1 Å². The zero-order valence-corrected chi connectivity index (χ0v) is 9.61. The molecule has 3 heteroatoms. The van der Waals surface area contributed by atoms with E-state index in [9.17, 15) is 4.79 Å². The van der Waals surface area contributed by atoms with Crippen LogP contribution in [-0.4, -0.2) is 24.7 Å². The summed E-state index contributed by atoms with van der Waals surface area (Å²) in [6.45, 7) is 1.82. The molecule has 0 radical (unpaired) electrons. The van der Waals surface area contributed by atoms with Crippen molar-refractivity contribution in [1.29, 1.82) is 0 Å². The van der Waals surface area contributed by atoms with Gasteiger partial charge in [-0.2, -0.15) is 0 Å². The number of rotatable bonds is 1.